The number of rotatable bonds is 7. The van der Waals surface area contributed by atoms with Gasteiger partial charge < -0.3 is 14.7 Å². The Morgan fingerprint density at radius 2 is 1.86 bits per heavy atom. The van der Waals surface area contributed by atoms with Crippen molar-refractivity contribution < 1.29 is 22.8 Å². The van der Waals surface area contributed by atoms with Crippen LogP contribution >= 0.6 is 0 Å². The second-order valence-corrected chi connectivity index (χ2v) is 9.84. The summed E-state index contributed by atoms with van der Waals surface area (Å²) in [6.07, 6.45) is -0.567. The van der Waals surface area contributed by atoms with Crippen molar-refractivity contribution in [1.82, 2.24) is 14.7 Å². The van der Waals surface area contributed by atoms with E-state index in [1.165, 1.54) is 0 Å². The number of halogens is 3. The van der Waals surface area contributed by atoms with Gasteiger partial charge in [-0.1, -0.05) is 55.8 Å². The lowest BCUT2D eigenvalue weighted by Crippen LogP contribution is -2.43. The van der Waals surface area contributed by atoms with Crippen LogP contribution in [0.5, 0.6) is 0 Å². The molecule has 2 aliphatic heterocycles. The van der Waals surface area contributed by atoms with Crippen LogP contribution < -0.4 is 0 Å². The molecular weight excluding hydrogens is 467 g/mol. The fourth-order valence-electron chi connectivity index (χ4n) is 5.66. The molecule has 1 aliphatic carbocycles. The Morgan fingerprint density at radius 3 is 2.61 bits per heavy atom. The monoisotopic (exact) mass is 497 g/mol. The van der Waals surface area contributed by atoms with Crippen LogP contribution in [0.2, 0.25) is 0 Å². The number of amides is 2. The van der Waals surface area contributed by atoms with Crippen LogP contribution in [0.15, 0.2) is 54.2 Å². The molecule has 36 heavy (non-hydrogen) atoms. The normalized spacial score (nSPS) is 21.0. The Balaban J connectivity index is 1.38. The van der Waals surface area contributed by atoms with E-state index in [4.69, 9.17) is 0 Å². The van der Waals surface area contributed by atoms with Crippen molar-refractivity contribution in [3.63, 3.8) is 0 Å². The summed E-state index contributed by atoms with van der Waals surface area (Å²) >= 11 is 0. The molecule has 2 amide bonds. The highest BCUT2D eigenvalue weighted by atomic mass is 19.4. The highest BCUT2D eigenvalue weighted by Gasteiger charge is 2.43. The first-order valence-corrected chi connectivity index (χ1v) is 12.6. The third kappa shape index (κ3) is 4.61. The zero-order valence-corrected chi connectivity index (χ0v) is 20.3. The van der Waals surface area contributed by atoms with Crippen LogP contribution in [0.1, 0.15) is 59.2 Å². The average Bonchev–Trinajstić information content (AvgIpc) is 3.56. The number of nitrogens with zero attached hydrogens (tertiary/aromatic N) is 3. The van der Waals surface area contributed by atoms with Gasteiger partial charge in [0, 0.05) is 37.4 Å². The molecule has 2 aromatic rings. The van der Waals surface area contributed by atoms with Gasteiger partial charge in [0.2, 0.25) is 5.91 Å². The predicted octanol–water partition coefficient (Wildman–Crippen LogP) is 5.05. The van der Waals surface area contributed by atoms with Crippen molar-refractivity contribution in [1.29, 1.82) is 0 Å². The van der Waals surface area contributed by atoms with Gasteiger partial charge in [-0.3, -0.25) is 9.59 Å². The molecule has 0 spiro atoms. The predicted molar refractivity (Wildman–Crippen MR) is 131 cm³/mol. The van der Waals surface area contributed by atoms with E-state index in [-0.39, 0.29) is 18.5 Å². The average molecular weight is 498 g/mol. The minimum absolute atomic E-state index is 0.0170. The lowest BCUT2D eigenvalue weighted by atomic mass is 9.96. The zero-order valence-electron chi connectivity index (χ0n) is 20.3. The second kappa shape index (κ2) is 9.64. The summed E-state index contributed by atoms with van der Waals surface area (Å²) in [6.45, 7) is 2.48. The second-order valence-electron chi connectivity index (χ2n) is 9.84. The summed E-state index contributed by atoms with van der Waals surface area (Å²) in [5.74, 6) is -1.26. The van der Waals surface area contributed by atoms with Gasteiger partial charge in [0.05, 0.1) is 6.04 Å². The van der Waals surface area contributed by atoms with Gasteiger partial charge in [0.15, 0.2) is 0 Å². The van der Waals surface area contributed by atoms with E-state index in [1.807, 2.05) is 66.4 Å². The number of fused-ring (bicyclic) bond motifs is 2. The van der Waals surface area contributed by atoms with Gasteiger partial charge in [-0.15, -0.1) is 0 Å². The molecule has 0 N–H and O–H groups in total. The molecule has 0 bridgehead atoms. The largest absolute Gasteiger partial charge is 0.406 e. The van der Waals surface area contributed by atoms with E-state index in [0.29, 0.717) is 32.5 Å². The molecule has 2 unspecified atom stereocenters. The van der Waals surface area contributed by atoms with Crippen molar-refractivity contribution in [2.75, 3.05) is 26.2 Å². The van der Waals surface area contributed by atoms with E-state index in [0.717, 1.165) is 39.3 Å². The van der Waals surface area contributed by atoms with Gasteiger partial charge in [0.1, 0.15) is 12.5 Å². The van der Waals surface area contributed by atoms with E-state index in [2.05, 4.69) is 4.90 Å². The van der Waals surface area contributed by atoms with Gasteiger partial charge in [0.25, 0.3) is 5.91 Å². The molecule has 0 saturated carbocycles. The molecule has 5 rings (SSSR count). The number of hydrogen-bond acceptors (Lipinski definition) is 3. The maximum Gasteiger partial charge on any atom is 0.406 e. The number of carbonyl (C=O) groups is 2. The van der Waals surface area contributed by atoms with E-state index < -0.39 is 24.5 Å². The van der Waals surface area contributed by atoms with Gasteiger partial charge in [-0.2, -0.15) is 13.2 Å². The van der Waals surface area contributed by atoms with Crippen LogP contribution in [-0.4, -0.2) is 64.9 Å². The molecule has 1 fully saturated rings. The van der Waals surface area contributed by atoms with Gasteiger partial charge in [-0.25, -0.2) is 0 Å². The molecule has 0 radical (unpaired) electrons. The minimum atomic E-state index is -4.46. The summed E-state index contributed by atoms with van der Waals surface area (Å²) in [7, 11) is 0. The molecule has 8 heteroatoms. The van der Waals surface area contributed by atoms with Crippen molar-refractivity contribution in [2.45, 2.75) is 50.9 Å². The smallest absolute Gasteiger partial charge is 0.372 e. The molecule has 5 nitrogen and oxygen atoms in total. The van der Waals surface area contributed by atoms with Crippen LogP contribution in [-0.2, 0) is 11.3 Å². The number of unbranched alkanes of at least 4 members (excludes halogenated alkanes) is 1. The summed E-state index contributed by atoms with van der Waals surface area (Å²) in [6, 6.07) is 15.0. The minimum Gasteiger partial charge on any atom is -0.372 e. The Bertz CT molecular complexity index is 1190. The highest BCUT2D eigenvalue weighted by Crippen LogP contribution is 2.42. The van der Waals surface area contributed by atoms with Crippen LogP contribution in [0, 0.1) is 0 Å². The number of benzene rings is 2. The fourth-order valence-corrected chi connectivity index (χ4v) is 5.66. The van der Waals surface area contributed by atoms with E-state index >= 15 is 0 Å². The standard InChI is InChI=1S/C28H30F3N3O2/c1-2-3-13-33(18-28(29,30)31)27(36)25-22-10-6-4-8-19(22)15-24(25)32-14-12-21(17-32)34-16-20-9-5-7-11-23(20)26(34)35/h4-11,15,21,25H,2-3,12-14,16-18H2,1H3. The molecular formula is C28H30F3N3O2. The molecule has 0 aromatic heterocycles. The quantitative estimate of drug-likeness (QED) is 0.538. The first-order valence-electron chi connectivity index (χ1n) is 12.6. The molecule has 3 aliphatic rings. The SMILES string of the molecule is CCCCN(CC(F)(F)F)C(=O)C1C(N2CCC(N3Cc4ccccc4C3=O)C2)=Cc2ccccc21. The maximum atomic E-state index is 13.7. The Labute approximate surface area is 209 Å². The summed E-state index contributed by atoms with van der Waals surface area (Å²) in [5.41, 5.74) is 4.09. The highest BCUT2D eigenvalue weighted by molar-refractivity contribution is 5.98. The lowest BCUT2D eigenvalue weighted by Gasteiger charge is -2.32. The first-order chi connectivity index (χ1) is 17.3. The van der Waals surface area contributed by atoms with Crippen molar-refractivity contribution in [2.24, 2.45) is 0 Å². The topological polar surface area (TPSA) is 43.9 Å². The summed E-state index contributed by atoms with van der Waals surface area (Å²) in [5, 5.41) is 0. The van der Waals surface area contributed by atoms with Crippen molar-refractivity contribution >= 4 is 17.9 Å². The number of hydrogen-bond donors (Lipinski definition) is 0. The third-order valence-electron chi connectivity index (χ3n) is 7.44. The Kier molecular flexibility index (Phi) is 6.53. The number of alkyl halides is 3. The summed E-state index contributed by atoms with van der Waals surface area (Å²) < 4.78 is 40.2. The molecule has 2 atom stereocenters. The molecule has 190 valence electrons. The van der Waals surface area contributed by atoms with Crippen molar-refractivity contribution in [3.8, 4) is 0 Å². The maximum absolute atomic E-state index is 13.7. The molecule has 2 aromatic carbocycles. The molecule has 2 heterocycles. The van der Waals surface area contributed by atoms with Crippen molar-refractivity contribution in [3.05, 3.63) is 76.5 Å². The number of likely N-dealkylation sites (tertiary alicyclic amines) is 1. The Morgan fingerprint density at radius 1 is 1.11 bits per heavy atom. The van der Waals surface area contributed by atoms with E-state index in [1.54, 1.807) is 0 Å². The fraction of sp³-hybridized carbons (Fsp3) is 0.429. The van der Waals surface area contributed by atoms with Gasteiger partial charge in [-0.05, 0) is 41.7 Å². The van der Waals surface area contributed by atoms with E-state index in [9.17, 15) is 22.8 Å². The van der Waals surface area contributed by atoms with Crippen LogP contribution in [0.25, 0.3) is 6.08 Å². The first kappa shape index (κ1) is 24.4. The Hall–Kier alpha value is -3.29. The molecule has 1 saturated heterocycles. The van der Waals surface area contributed by atoms with Crippen LogP contribution in [0.3, 0.4) is 0 Å². The van der Waals surface area contributed by atoms with Crippen LogP contribution in [0.4, 0.5) is 13.2 Å². The lowest BCUT2D eigenvalue weighted by molar-refractivity contribution is -0.162. The zero-order chi connectivity index (χ0) is 25.4. The number of carbonyl (C=O) groups excluding carboxylic acids is 2. The van der Waals surface area contributed by atoms with Gasteiger partial charge >= 0.3 is 6.18 Å². The summed E-state index contributed by atoms with van der Waals surface area (Å²) in [4.78, 5) is 31.7. The third-order valence-corrected chi connectivity index (χ3v) is 7.44.